The quantitative estimate of drug-likeness (QED) is 0.332. The summed E-state index contributed by atoms with van der Waals surface area (Å²) in [7, 11) is 0. The monoisotopic (exact) mass is 386 g/mol. The van der Waals surface area contributed by atoms with E-state index in [9.17, 15) is 9.59 Å². The van der Waals surface area contributed by atoms with Gasteiger partial charge < -0.3 is 9.84 Å². The maximum absolute atomic E-state index is 12.6. The zero-order chi connectivity index (χ0) is 20.5. The first-order valence-corrected chi connectivity index (χ1v) is 9.43. The minimum atomic E-state index is -0.0807. The van der Waals surface area contributed by atoms with Crippen LogP contribution in [0.2, 0.25) is 0 Å². The maximum atomic E-state index is 12.6. The maximum Gasteiger partial charge on any atom is 0.193 e. The molecule has 0 fully saturated rings. The van der Waals surface area contributed by atoms with Crippen molar-refractivity contribution in [1.82, 2.24) is 0 Å². The Bertz CT molecular complexity index is 972. The van der Waals surface area contributed by atoms with Crippen LogP contribution >= 0.6 is 0 Å². The Morgan fingerprint density at radius 3 is 2.03 bits per heavy atom. The molecule has 0 aliphatic carbocycles. The molecule has 0 saturated heterocycles. The van der Waals surface area contributed by atoms with Gasteiger partial charge in [-0.05, 0) is 35.9 Å². The summed E-state index contributed by atoms with van der Waals surface area (Å²) in [6.07, 6.45) is 3.84. The Kier molecular flexibility index (Phi) is 7.09. The average molecular weight is 386 g/mol. The Morgan fingerprint density at radius 2 is 1.41 bits per heavy atom. The zero-order valence-electron chi connectivity index (χ0n) is 16.0. The summed E-state index contributed by atoms with van der Waals surface area (Å²) in [5.41, 5.74) is 2.63. The van der Waals surface area contributed by atoms with Crippen molar-refractivity contribution < 1.29 is 19.4 Å². The Morgan fingerprint density at radius 1 is 0.793 bits per heavy atom. The van der Waals surface area contributed by atoms with Gasteiger partial charge in [0.1, 0.15) is 5.75 Å². The van der Waals surface area contributed by atoms with E-state index in [4.69, 9.17) is 9.84 Å². The van der Waals surface area contributed by atoms with Gasteiger partial charge in [0.25, 0.3) is 0 Å². The van der Waals surface area contributed by atoms with E-state index in [2.05, 4.69) is 0 Å². The fourth-order valence-corrected chi connectivity index (χ4v) is 2.74. The highest BCUT2D eigenvalue weighted by molar-refractivity contribution is 6.09. The van der Waals surface area contributed by atoms with Crippen LogP contribution in [-0.2, 0) is 0 Å². The minimum absolute atomic E-state index is 0.0629. The molecule has 0 aliphatic rings. The minimum Gasteiger partial charge on any atom is -0.494 e. The van der Waals surface area contributed by atoms with Crippen LogP contribution in [0, 0.1) is 0 Å². The van der Waals surface area contributed by atoms with Crippen molar-refractivity contribution in [2.45, 2.75) is 6.42 Å². The molecule has 4 heteroatoms. The summed E-state index contributed by atoms with van der Waals surface area (Å²) in [6, 6.07) is 23.2. The Labute approximate surface area is 170 Å². The first-order chi connectivity index (χ1) is 14.2. The van der Waals surface area contributed by atoms with Gasteiger partial charge in [-0.15, -0.1) is 0 Å². The number of hydrogen-bond acceptors (Lipinski definition) is 4. The molecule has 0 radical (unpaired) electrons. The number of benzene rings is 3. The summed E-state index contributed by atoms with van der Waals surface area (Å²) in [5, 5.41) is 8.77. The van der Waals surface area contributed by atoms with E-state index in [1.165, 1.54) is 6.08 Å². The van der Waals surface area contributed by atoms with E-state index < -0.39 is 0 Å². The molecule has 3 aromatic rings. The second-order valence-electron chi connectivity index (χ2n) is 6.46. The molecule has 0 atom stereocenters. The van der Waals surface area contributed by atoms with Gasteiger partial charge in [-0.3, -0.25) is 9.59 Å². The topological polar surface area (TPSA) is 63.6 Å². The lowest BCUT2D eigenvalue weighted by molar-refractivity contribution is 0.103. The van der Waals surface area contributed by atoms with E-state index >= 15 is 0 Å². The van der Waals surface area contributed by atoms with Crippen LogP contribution in [0.5, 0.6) is 5.75 Å². The number of ether oxygens (including phenoxy) is 1. The third-order valence-electron chi connectivity index (χ3n) is 4.35. The second-order valence-corrected chi connectivity index (χ2v) is 6.46. The van der Waals surface area contributed by atoms with Crippen molar-refractivity contribution in [2.75, 3.05) is 13.2 Å². The molecular weight excluding hydrogens is 364 g/mol. The molecule has 0 bridgehead atoms. The van der Waals surface area contributed by atoms with Crippen molar-refractivity contribution in [3.63, 3.8) is 0 Å². The second kappa shape index (κ2) is 10.2. The van der Waals surface area contributed by atoms with E-state index in [0.29, 0.717) is 35.5 Å². The van der Waals surface area contributed by atoms with Crippen LogP contribution in [0.3, 0.4) is 0 Å². The Balaban J connectivity index is 1.62. The van der Waals surface area contributed by atoms with Crippen molar-refractivity contribution in [3.8, 4) is 5.75 Å². The standard InChI is InChI=1S/C25H22O4/c26-17-4-18-29-23-14-12-22(13-15-23)25(28)21-10-7-19(8-11-21)9-16-24(27)20-5-2-1-3-6-20/h1-3,5-16,26H,4,17-18H2/b16-9+. The van der Waals surface area contributed by atoms with Crippen molar-refractivity contribution in [2.24, 2.45) is 0 Å². The van der Waals surface area contributed by atoms with Gasteiger partial charge in [0, 0.05) is 29.7 Å². The van der Waals surface area contributed by atoms with Crippen LogP contribution in [-0.4, -0.2) is 29.9 Å². The lowest BCUT2D eigenvalue weighted by Crippen LogP contribution is -2.02. The van der Waals surface area contributed by atoms with Crippen molar-refractivity contribution >= 4 is 17.6 Å². The molecule has 3 rings (SSSR count). The van der Waals surface area contributed by atoms with E-state index in [1.54, 1.807) is 54.6 Å². The van der Waals surface area contributed by atoms with Gasteiger partial charge in [-0.1, -0.05) is 60.7 Å². The largest absolute Gasteiger partial charge is 0.494 e. The molecule has 0 amide bonds. The molecule has 3 aromatic carbocycles. The van der Waals surface area contributed by atoms with Gasteiger partial charge in [0.15, 0.2) is 11.6 Å². The number of aliphatic hydroxyl groups is 1. The van der Waals surface area contributed by atoms with Crippen molar-refractivity contribution in [1.29, 1.82) is 0 Å². The van der Waals surface area contributed by atoms with Crippen LogP contribution in [0.4, 0.5) is 0 Å². The zero-order valence-corrected chi connectivity index (χ0v) is 16.0. The van der Waals surface area contributed by atoms with Crippen molar-refractivity contribution in [3.05, 3.63) is 107 Å². The molecular formula is C25H22O4. The fraction of sp³-hybridized carbons (Fsp3) is 0.120. The smallest absolute Gasteiger partial charge is 0.193 e. The number of carbonyl (C=O) groups excluding carboxylic acids is 2. The molecule has 29 heavy (non-hydrogen) atoms. The highest BCUT2D eigenvalue weighted by atomic mass is 16.5. The third-order valence-corrected chi connectivity index (χ3v) is 4.35. The normalized spacial score (nSPS) is 10.8. The number of hydrogen-bond donors (Lipinski definition) is 1. The van der Waals surface area contributed by atoms with Gasteiger partial charge in [-0.25, -0.2) is 0 Å². The lowest BCUT2D eigenvalue weighted by atomic mass is 10.0. The van der Waals surface area contributed by atoms with Gasteiger partial charge >= 0.3 is 0 Å². The predicted molar refractivity (Wildman–Crippen MR) is 113 cm³/mol. The Hall–Kier alpha value is -3.50. The summed E-state index contributed by atoms with van der Waals surface area (Å²) in [5.74, 6) is 0.522. The van der Waals surface area contributed by atoms with Gasteiger partial charge in [0.05, 0.1) is 6.61 Å². The van der Waals surface area contributed by atoms with E-state index in [0.717, 1.165) is 5.56 Å². The van der Waals surface area contributed by atoms with Crippen LogP contribution < -0.4 is 4.74 Å². The summed E-state index contributed by atoms with van der Waals surface area (Å²) in [6.45, 7) is 0.522. The highest BCUT2D eigenvalue weighted by Crippen LogP contribution is 2.17. The summed E-state index contributed by atoms with van der Waals surface area (Å²) in [4.78, 5) is 24.8. The number of carbonyl (C=O) groups is 2. The third kappa shape index (κ3) is 5.74. The first kappa shape index (κ1) is 20.2. The fourth-order valence-electron chi connectivity index (χ4n) is 2.74. The molecule has 0 spiro atoms. The average Bonchev–Trinajstić information content (AvgIpc) is 2.78. The number of ketones is 2. The van der Waals surface area contributed by atoms with Crippen LogP contribution in [0.25, 0.3) is 6.08 Å². The van der Waals surface area contributed by atoms with Crippen LogP contribution in [0.15, 0.2) is 84.9 Å². The SMILES string of the molecule is O=C(/C=C/c1ccc(C(=O)c2ccc(OCCCO)cc2)cc1)c1ccccc1. The number of allylic oxidation sites excluding steroid dienone is 1. The number of rotatable bonds is 9. The molecule has 0 saturated carbocycles. The predicted octanol–water partition coefficient (Wildman–Crippen LogP) is 4.57. The van der Waals surface area contributed by atoms with Crippen LogP contribution in [0.1, 0.15) is 38.3 Å². The summed E-state index contributed by atoms with van der Waals surface area (Å²) < 4.78 is 5.47. The number of aliphatic hydroxyl groups excluding tert-OH is 1. The molecule has 4 nitrogen and oxygen atoms in total. The summed E-state index contributed by atoms with van der Waals surface area (Å²) >= 11 is 0. The first-order valence-electron chi connectivity index (χ1n) is 9.43. The molecule has 146 valence electrons. The van der Waals surface area contributed by atoms with Gasteiger partial charge in [-0.2, -0.15) is 0 Å². The highest BCUT2D eigenvalue weighted by Gasteiger charge is 2.09. The van der Waals surface area contributed by atoms with E-state index in [-0.39, 0.29) is 18.2 Å². The van der Waals surface area contributed by atoms with Gasteiger partial charge in [0.2, 0.25) is 0 Å². The van der Waals surface area contributed by atoms with E-state index in [1.807, 2.05) is 30.3 Å². The molecule has 0 heterocycles. The molecule has 0 unspecified atom stereocenters. The molecule has 1 N–H and O–H groups in total. The molecule has 0 aliphatic heterocycles. The lowest BCUT2D eigenvalue weighted by Gasteiger charge is -2.06. The molecule has 0 aromatic heterocycles.